The minimum Gasteiger partial charge on any atom is -0.508 e. The van der Waals surface area contributed by atoms with Crippen LogP contribution in [0.3, 0.4) is 0 Å². The molecular formula is C16H14O2. The summed E-state index contributed by atoms with van der Waals surface area (Å²) in [7, 11) is 0. The van der Waals surface area contributed by atoms with Crippen molar-refractivity contribution in [1.82, 2.24) is 0 Å². The van der Waals surface area contributed by atoms with E-state index in [1.165, 1.54) is 0 Å². The molecule has 18 heavy (non-hydrogen) atoms. The first-order chi connectivity index (χ1) is 8.69. The Balaban J connectivity index is 2.31. The molecule has 0 fully saturated rings. The third kappa shape index (κ3) is 2.80. The Labute approximate surface area is 106 Å². The van der Waals surface area contributed by atoms with Crippen LogP contribution < -0.4 is 0 Å². The molecule has 2 nitrogen and oxygen atoms in total. The lowest BCUT2D eigenvalue weighted by Gasteiger charge is -2.02. The number of rotatable bonds is 3. The van der Waals surface area contributed by atoms with Crippen molar-refractivity contribution in [3.63, 3.8) is 0 Å². The van der Waals surface area contributed by atoms with E-state index in [4.69, 9.17) is 0 Å². The molecule has 2 aromatic carbocycles. The van der Waals surface area contributed by atoms with Crippen LogP contribution in [0.15, 0.2) is 49.0 Å². The SMILES string of the molecule is C=Cc1cc(O)ccc1C=Cc1cccc(O)c1. The van der Waals surface area contributed by atoms with Crippen LogP contribution in [0.2, 0.25) is 0 Å². The van der Waals surface area contributed by atoms with Gasteiger partial charge in [-0.1, -0.05) is 43.0 Å². The van der Waals surface area contributed by atoms with E-state index in [0.29, 0.717) is 0 Å². The maximum Gasteiger partial charge on any atom is 0.116 e. The third-order valence-electron chi connectivity index (χ3n) is 2.62. The van der Waals surface area contributed by atoms with Crippen LogP contribution in [0.1, 0.15) is 16.7 Å². The Kier molecular flexibility index (Phi) is 3.49. The average molecular weight is 238 g/mol. The highest BCUT2D eigenvalue weighted by molar-refractivity contribution is 5.75. The molecule has 90 valence electrons. The summed E-state index contributed by atoms with van der Waals surface area (Å²) in [4.78, 5) is 0. The van der Waals surface area contributed by atoms with Crippen LogP contribution >= 0.6 is 0 Å². The highest BCUT2D eigenvalue weighted by Gasteiger charge is 1.97. The lowest BCUT2D eigenvalue weighted by Crippen LogP contribution is -1.80. The highest BCUT2D eigenvalue weighted by atomic mass is 16.3. The quantitative estimate of drug-likeness (QED) is 0.796. The van der Waals surface area contributed by atoms with E-state index in [-0.39, 0.29) is 11.5 Å². The molecule has 0 unspecified atom stereocenters. The maximum absolute atomic E-state index is 9.39. The summed E-state index contributed by atoms with van der Waals surface area (Å²) in [5, 5.41) is 18.7. The van der Waals surface area contributed by atoms with Gasteiger partial charge in [-0.15, -0.1) is 0 Å². The predicted octanol–water partition coefficient (Wildman–Crippen LogP) is 3.91. The largest absolute Gasteiger partial charge is 0.508 e. The standard InChI is InChI=1S/C16H14O2/c1-2-13-11-16(18)9-8-14(13)7-6-12-4-3-5-15(17)10-12/h2-11,17-18H,1H2. The minimum atomic E-state index is 0.222. The number of aromatic hydroxyl groups is 2. The second-order valence-electron chi connectivity index (χ2n) is 3.95. The molecule has 2 rings (SSSR count). The van der Waals surface area contributed by atoms with E-state index < -0.39 is 0 Å². The van der Waals surface area contributed by atoms with E-state index in [9.17, 15) is 10.2 Å². The van der Waals surface area contributed by atoms with Gasteiger partial charge in [0.1, 0.15) is 11.5 Å². The second kappa shape index (κ2) is 5.23. The molecular weight excluding hydrogens is 224 g/mol. The van der Waals surface area contributed by atoms with Crippen molar-refractivity contribution in [2.75, 3.05) is 0 Å². The zero-order valence-electron chi connectivity index (χ0n) is 9.88. The Hall–Kier alpha value is -2.48. The lowest BCUT2D eigenvalue weighted by atomic mass is 10.1. The molecule has 0 heterocycles. The molecule has 0 aliphatic heterocycles. The monoisotopic (exact) mass is 238 g/mol. The Morgan fingerprint density at radius 1 is 0.833 bits per heavy atom. The fourth-order valence-corrected chi connectivity index (χ4v) is 1.71. The molecule has 2 aromatic rings. The van der Waals surface area contributed by atoms with Crippen LogP contribution in [-0.2, 0) is 0 Å². The van der Waals surface area contributed by atoms with Crippen LogP contribution in [0.4, 0.5) is 0 Å². The topological polar surface area (TPSA) is 40.5 Å². The van der Waals surface area contributed by atoms with Gasteiger partial charge in [0.25, 0.3) is 0 Å². The van der Waals surface area contributed by atoms with Crippen LogP contribution in [0, 0.1) is 0 Å². The summed E-state index contributed by atoms with van der Waals surface area (Å²) in [6.07, 6.45) is 5.52. The van der Waals surface area contributed by atoms with E-state index in [1.54, 1.807) is 36.4 Å². The fraction of sp³-hybridized carbons (Fsp3) is 0. The molecule has 0 bridgehead atoms. The molecule has 2 heteroatoms. The molecule has 0 radical (unpaired) electrons. The summed E-state index contributed by atoms with van der Waals surface area (Å²) >= 11 is 0. The molecule has 0 saturated carbocycles. The highest BCUT2D eigenvalue weighted by Crippen LogP contribution is 2.20. The van der Waals surface area contributed by atoms with Crippen molar-refractivity contribution in [3.8, 4) is 11.5 Å². The Morgan fingerprint density at radius 3 is 2.33 bits per heavy atom. The maximum atomic E-state index is 9.39. The molecule has 0 aromatic heterocycles. The number of hydrogen-bond acceptors (Lipinski definition) is 2. The molecule has 0 spiro atoms. The van der Waals surface area contributed by atoms with Gasteiger partial charge in [0, 0.05) is 0 Å². The second-order valence-corrected chi connectivity index (χ2v) is 3.95. The Bertz CT molecular complexity index is 598. The van der Waals surface area contributed by atoms with Gasteiger partial charge in [-0.05, 0) is 41.0 Å². The average Bonchev–Trinajstić information content (AvgIpc) is 2.37. The third-order valence-corrected chi connectivity index (χ3v) is 2.62. The number of benzene rings is 2. The van der Waals surface area contributed by atoms with Crippen LogP contribution in [0.25, 0.3) is 18.2 Å². The Morgan fingerprint density at radius 2 is 1.61 bits per heavy atom. The fourth-order valence-electron chi connectivity index (χ4n) is 1.71. The zero-order valence-corrected chi connectivity index (χ0v) is 9.88. The van der Waals surface area contributed by atoms with Crippen molar-refractivity contribution >= 4 is 18.2 Å². The van der Waals surface area contributed by atoms with Gasteiger partial charge in [0.05, 0.1) is 0 Å². The number of hydrogen-bond donors (Lipinski definition) is 2. The van der Waals surface area contributed by atoms with Crippen molar-refractivity contribution in [3.05, 3.63) is 65.7 Å². The number of phenols is 2. The molecule has 0 amide bonds. The van der Waals surface area contributed by atoms with Gasteiger partial charge < -0.3 is 10.2 Å². The first kappa shape index (κ1) is 12.0. The first-order valence-corrected chi connectivity index (χ1v) is 5.61. The molecule has 0 aliphatic carbocycles. The summed E-state index contributed by atoms with van der Waals surface area (Å²) in [5.41, 5.74) is 2.75. The minimum absolute atomic E-state index is 0.222. The van der Waals surface area contributed by atoms with E-state index in [1.807, 2.05) is 24.3 Å². The van der Waals surface area contributed by atoms with E-state index in [0.717, 1.165) is 16.7 Å². The van der Waals surface area contributed by atoms with Gasteiger partial charge in [0.2, 0.25) is 0 Å². The van der Waals surface area contributed by atoms with Gasteiger partial charge in [-0.2, -0.15) is 0 Å². The van der Waals surface area contributed by atoms with Crippen LogP contribution in [-0.4, -0.2) is 10.2 Å². The van der Waals surface area contributed by atoms with Gasteiger partial charge in [-0.3, -0.25) is 0 Å². The van der Waals surface area contributed by atoms with Gasteiger partial charge in [0.15, 0.2) is 0 Å². The molecule has 0 aliphatic rings. The molecule has 0 atom stereocenters. The molecule has 0 saturated heterocycles. The van der Waals surface area contributed by atoms with Crippen molar-refractivity contribution in [1.29, 1.82) is 0 Å². The predicted molar refractivity (Wildman–Crippen MR) is 75.2 cm³/mol. The van der Waals surface area contributed by atoms with Crippen LogP contribution in [0.5, 0.6) is 11.5 Å². The van der Waals surface area contributed by atoms with Gasteiger partial charge in [-0.25, -0.2) is 0 Å². The smallest absolute Gasteiger partial charge is 0.116 e. The zero-order chi connectivity index (χ0) is 13.0. The van der Waals surface area contributed by atoms with Gasteiger partial charge >= 0.3 is 0 Å². The van der Waals surface area contributed by atoms with E-state index >= 15 is 0 Å². The molecule has 2 N–H and O–H groups in total. The summed E-state index contributed by atoms with van der Waals surface area (Å²) in [6.45, 7) is 3.72. The van der Waals surface area contributed by atoms with Crippen molar-refractivity contribution in [2.45, 2.75) is 0 Å². The normalized spacial score (nSPS) is 10.7. The van der Waals surface area contributed by atoms with E-state index in [2.05, 4.69) is 6.58 Å². The summed E-state index contributed by atoms with van der Waals surface area (Å²) < 4.78 is 0. The summed E-state index contributed by atoms with van der Waals surface area (Å²) in [6, 6.07) is 12.1. The summed E-state index contributed by atoms with van der Waals surface area (Å²) in [5.74, 6) is 0.464. The lowest BCUT2D eigenvalue weighted by molar-refractivity contribution is 0.474. The number of phenolic OH excluding ortho intramolecular Hbond substituents is 2. The van der Waals surface area contributed by atoms with Crippen molar-refractivity contribution < 1.29 is 10.2 Å². The first-order valence-electron chi connectivity index (χ1n) is 5.61. The van der Waals surface area contributed by atoms with Crippen molar-refractivity contribution in [2.24, 2.45) is 0 Å².